The van der Waals surface area contributed by atoms with Crippen molar-refractivity contribution < 1.29 is 9.90 Å². The third-order valence-electron chi connectivity index (χ3n) is 3.59. The predicted molar refractivity (Wildman–Crippen MR) is 88.8 cm³/mol. The van der Waals surface area contributed by atoms with E-state index in [0.29, 0.717) is 5.56 Å². The molecule has 0 heterocycles. The minimum absolute atomic E-state index is 0.368. The van der Waals surface area contributed by atoms with E-state index in [1.807, 2.05) is 61.5 Å². The van der Waals surface area contributed by atoms with Gasteiger partial charge >= 0.3 is 5.97 Å². The highest BCUT2D eigenvalue weighted by atomic mass is 79.9. The number of carboxylic acids is 1. The Morgan fingerprint density at radius 2 is 1.71 bits per heavy atom. The number of hydrogen-bond acceptors (Lipinski definition) is 1. The second-order valence-corrected chi connectivity index (χ2v) is 5.89. The number of carboxylic acid groups (broad SMARTS) is 1. The number of carbonyl (C=O) groups is 1. The van der Waals surface area contributed by atoms with E-state index in [9.17, 15) is 9.90 Å². The van der Waals surface area contributed by atoms with E-state index in [4.69, 9.17) is 0 Å². The minimum Gasteiger partial charge on any atom is -0.478 e. The predicted octanol–water partition coefficient (Wildman–Crippen LogP) is 5.28. The molecule has 0 bridgehead atoms. The molecule has 0 aliphatic heterocycles. The topological polar surface area (TPSA) is 37.3 Å². The highest BCUT2D eigenvalue weighted by Gasteiger charge is 2.18. The SMILES string of the molecule is Cc1cc2ccccc2c(C(=O)O)c1-c1ccc(Br)cc1. The maximum absolute atomic E-state index is 11.8. The molecular formula is C18H13BrO2. The van der Waals surface area contributed by atoms with E-state index in [0.717, 1.165) is 31.9 Å². The smallest absolute Gasteiger partial charge is 0.336 e. The summed E-state index contributed by atoms with van der Waals surface area (Å²) < 4.78 is 0.974. The van der Waals surface area contributed by atoms with Crippen LogP contribution < -0.4 is 0 Å². The summed E-state index contributed by atoms with van der Waals surface area (Å²) in [6.07, 6.45) is 0. The summed E-state index contributed by atoms with van der Waals surface area (Å²) in [7, 11) is 0. The Kier molecular flexibility index (Phi) is 3.52. The molecule has 3 heteroatoms. The first-order chi connectivity index (χ1) is 10.1. The van der Waals surface area contributed by atoms with Gasteiger partial charge in [0.1, 0.15) is 0 Å². The summed E-state index contributed by atoms with van der Waals surface area (Å²) in [5.74, 6) is -0.896. The fourth-order valence-electron chi connectivity index (χ4n) is 2.70. The van der Waals surface area contributed by atoms with Gasteiger partial charge in [0.05, 0.1) is 5.56 Å². The molecule has 2 nitrogen and oxygen atoms in total. The number of aromatic carboxylic acids is 1. The second kappa shape index (κ2) is 5.34. The van der Waals surface area contributed by atoms with Gasteiger partial charge in [0, 0.05) is 4.47 Å². The van der Waals surface area contributed by atoms with Crippen LogP contribution in [0.5, 0.6) is 0 Å². The normalized spacial score (nSPS) is 10.8. The Labute approximate surface area is 131 Å². The van der Waals surface area contributed by atoms with Gasteiger partial charge in [-0.25, -0.2) is 4.79 Å². The van der Waals surface area contributed by atoms with Crippen LogP contribution in [0.25, 0.3) is 21.9 Å². The molecule has 21 heavy (non-hydrogen) atoms. The number of hydrogen-bond donors (Lipinski definition) is 1. The van der Waals surface area contributed by atoms with E-state index in [-0.39, 0.29) is 0 Å². The van der Waals surface area contributed by atoms with Crippen molar-refractivity contribution in [2.75, 3.05) is 0 Å². The molecule has 3 aromatic carbocycles. The third kappa shape index (κ3) is 2.45. The largest absolute Gasteiger partial charge is 0.478 e. The minimum atomic E-state index is -0.896. The Bertz CT molecular complexity index is 836. The lowest BCUT2D eigenvalue weighted by Gasteiger charge is -2.14. The zero-order valence-electron chi connectivity index (χ0n) is 11.4. The third-order valence-corrected chi connectivity index (χ3v) is 4.12. The summed E-state index contributed by atoms with van der Waals surface area (Å²) in [6.45, 7) is 1.95. The molecule has 0 atom stereocenters. The first-order valence-electron chi connectivity index (χ1n) is 6.59. The van der Waals surface area contributed by atoms with Crippen LogP contribution >= 0.6 is 15.9 Å². The fraction of sp³-hybridized carbons (Fsp3) is 0.0556. The van der Waals surface area contributed by atoms with Gasteiger partial charge in [-0.3, -0.25) is 0 Å². The van der Waals surface area contributed by atoms with Gasteiger partial charge in [-0.2, -0.15) is 0 Å². The molecule has 3 rings (SSSR count). The van der Waals surface area contributed by atoms with Crippen LogP contribution in [0.1, 0.15) is 15.9 Å². The Morgan fingerprint density at radius 3 is 2.38 bits per heavy atom. The molecule has 0 saturated carbocycles. The fourth-order valence-corrected chi connectivity index (χ4v) is 2.96. The summed E-state index contributed by atoms with van der Waals surface area (Å²) in [6, 6.07) is 17.4. The van der Waals surface area contributed by atoms with Crippen LogP contribution in [0.3, 0.4) is 0 Å². The van der Waals surface area contributed by atoms with E-state index < -0.39 is 5.97 Å². The first-order valence-corrected chi connectivity index (χ1v) is 7.39. The number of fused-ring (bicyclic) bond motifs is 1. The Balaban J connectivity index is 2.41. The van der Waals surface area contributed by atoms with Crippen molar-refractivity contribution in [2.24, 2.45) is 0 Å². The molecule has 0 radical (unpaired) electrons. The Hall–Kier alpha value is -2.13. The van der Waals surface area contributed by atoms with Gasteiger partial charge in [-0.15, -0.1) is 0 Å². The molecule has 1 N–H and O–H groups in total. The van der Waals surface area contributed by atoms with Crippen LogP contribution in [-0.2, 0) is 0 Å². The van der Waals surface area contributed by atoms with Gasteiger partial charge in [0.15, 0.2) is 0 Å². The van der Waals surface area contributed by atoms with Crippen LogP contribution in [0.2, 0.25) is 0 Å². The zero-order chi connectivity index (χ0) is 15.0. The van der Waals surface area contributed by atoms with Gasteiger partial charge in [0.25, 0.3) is 0 Å². The Morgan fingerprint density at radius 1 is 1.05 bits per heavy atom. The van der Waals surface area contributed by atoms with E-state index in [1.165, 1.54) is 0 Å². The van der Waals surface area contributed by atoms with Crippen LogP contribution in [0.4, 0.5) is 0 Å². The summed E-state index contributed by atoms with van der Waals surface area (Å²) in [5, 5.41) is 11.4. The van der Waals surface area contributed by atoms with E-state index in [1.54, 1.807) is 0 Å². The molecule has 0 spiro atoms. The van der Waals surface area contributed by atoms with Gasteiger partial charge < -0.3 is 5.11 Å². The molecular weight excluding hydrogens is 328 g/mol. The number of aryl methyl sites for hydroxylation is 1. The lowest BCUT2D eigenvalue weighted by atomic mass is 9.90. The molecule has 0 unspecified atom stereocenters. The lowest BCUT2D eigenvalue weighted by molar-refractivity contribution is 0.0700. The van der Waals surface area contributed by atoms with E-state index in [2.05, 4.69) is 15.9 Å². The average molecular weight is 341 g/mol. The molecule has 3 aromatic rings. The number of halogens is 1. The molecule has 104 valence electrons. The molecule has 0 fully saturated rings. The summed E-state index contributed by atoms with van der Waals surface area (Å²) in [5.41, 5.74) is 3.04. The van der Waals surface area contributed by atoms with E-state index >= 15 is 0 Å². The van der Waals surface area contributed by atoms with Crippen LogP contribution in [0, 0.1) is 6.92 Å². The average Bonchev–Trinajstić information content (AvgIpc) is 2.46. The van der Waals surface area contributed by atoms with Crippen molar-refractivity contribution in [2.45, 2.75) is 6.92 Å². The molecule has 0 saturated heterocycles. The highest BCUT2D eigenvalue weighted by Crippen LogP contribution is 2.34. The molecule has 0 amide bonds. The molecule has 0 aromatic heterocycles. The van der Waals surface area contributed by atoms with Crippen molar-refractivity contribution in [3.63, 3.8) is 0 Å². The van der Waals surface area contributed by atoms with Crippen molar-refractivity contribution in [1.82, 2.24) is 0 Å². The number of benzene rings is 3. The van der Waals surface area contributed by atoms with Gasteiger partial charge in [-0.1, -0.05) is 58.4 Å². The van der Waals surface area contributed by atoms with Crippen LogP contribution in [-0.4, -0.2) is 11.1 Å². The van der Waals surface area contributed by atoms with Gasteiger partial charge in [0.2, 0.25) is 0 Å². The van der Waals surface area contributed by atoms with Gasteiger partial charge in [-0.05, 0) is 46.5 Å². The van der Waals surface area contributed by atoms with Crippen molar-refractivity contribution >= 4 is 32.7 Å². The van der Waals surface area contributed by atoms with Crippen molar-refractivity contribution in [3.05, 3.63) is 70.2 Å². The highest BCUT2D eigenvalue weighted by molar-refractivity contribution is 9.10. The monoisotopic (exact) mass is 340 g/mol. The standard InChI is InChI=1S/C18H13BrO2/c1-11-10-13-4-2-3-5-15(13)17(18(20)21)16(11)12-6-8-14(19)9-7-12/h2-10H,1H3,(H,20,21). The van der Waals surface area contributed by atoms with Crippen molar-refractivity contribution in [3.8, 4) is 11.1 Å². The first kappa shape index (κ1) is 13.8. The van der Waals surface area contributed by atoms with Crippen molar-refractivity contribution in [1.29, 1.82) is 0 Å². The maximum atomic E-state index is 11.8. The summed E-state index contributed by atoms with van der Waals surface area (Å²) in [4.78, 5) is 11.8. The summed E-state index contributed by atoms with van der Waals surface area (Å²) >= 11 is 3.41. The van der Waals surface area contributed by atoms with Crippen LogP contribution in [0.15, 0.2) is 59.1 Å². The quantitative estimate of drug-likeness (QED) is 0.689. The molecule has 0 aliphatic carbocycles. The second-order valence-electron chi connectivity index (χ2n) is 4.98. The lowest BCUT2D eigenvalue weighted by Crippen LogP contribution is -2.03. The molecule has 0 aliphatic rings. The zero-order valence-corrected chi connectivity index (χ0v) is 13.0. The maximum Gasteiger partial charge on any atom is 0.336 e. The number of rotatable bonds is 2.